The van der Waals surface area contributed by atoms with Gasteiger partial charge < -0.3 is 0 Å². The van der Waals surface area contributed by atoms with Crippen LogP contribution in [0.5, 0.6) is 0 Å². The average molecular weight is 120 g/mol. The van der Waals surface area contributed by atoms with Gasteiger partial charge in [0.25, 0.3) is 0 Å². The number of hydrogen-bond donors (Lipinski definition) is 1. The SMILES string of the molecule is C#Cc1c(C)n[nH]c1C. The Labute approximate surface area is 54.3 Å². The topological polar surface area (TPSA) is 28.7 Å². The lowest BCUT2D eigenvalue weighted by molar-refractivity contribution is 1.02. The maximum absolute atomic E-state index is 5.19. The van der Waals surface area contributed by atoms with Gasteiger partial charge in [0.2, 0.25) is 0 Å². The molecule has 0 unspecified atom stereocenters. The monoisotopic (exact) mass is 120 g/mol. The van der Waals surface area contributed by atoms with E-state index in [2.05, 4.69) is 16.1 Å². The fourth-order valence-electron chi connectivity index (χ4n) is 0.764. The number of aryl methyl sites for hydroxylation is 2. The number of H-pyrrole nitrogens is 1. The Bertz CT molecular complexity index is 233. The van der Waals surface area contributed by atoms with Gasteiger partial charge in [-0.2, -0.15) is 5.10 Å². The standard InChI is InChI=1S/C7H8N2/c1-4-7-5(2)8-9-6(7)3/h1H,2-3H3,(H,8,9). The van der Waals surface area contributed by atoms with E-state index in [9.17, 15) is 0 Å². The molecule has 1 heterocycles. The summed E-state index contributed by atoms with van der Waals surface area (Å²) in [4.78, 5) is 0. The van der Waals surface area contributed by atoms with Gasteiger partial charge in [-0.05, 0) is 13.8 Å². The number of rotatable bonds is 0. The van der Waals surface area contributed by atoms with Crippen LogP contribution < -0.4 is 0 Å². The van der Waals surface area contributed by atoms with Crippen LogP contribution in [0.2, 0.25) is 0 Å². The highest BCUT2D eigenvalue weighted by atomic mass is 15.1. The molecule has 46 valence electrons. The van der Waals surface area contributed by atoms with E-state index in [4.69, 9.17) is 6.42 Å². The summed E-state index contributed by atoms with van der Waals surface area (Å²) in [7, 11) is 0. The van der Waals surface area contributed by atoms with E-state index in [1.165, 1.54) is 0 Å². The maximum atomic E-state index is 5.19. The van der Waals surface area contributed by atoms with E-state index < -0.39 is 0 Å². The highest BCUT2D eigenvalue weighted by molar-refractivity contribution is 5.38. The van der Waals surface area contributed by atoms with Crippen LogP contribution in [-0.2, 0) is 0 Å². The molecule has 0 spiro atoms. The molecule has 0 aliphatic carbocycles. The molecule has 1 N–H and O–H groups in total. The van der Waals surface area contributed by atoms with E-state index >= 15 is 0 Å². The van der Waals surface area contributed by atoms with Gasteiger partial charge in [0.15, 0.2) is 0 Å². The third kappa shape index (κ3) is 0.812. The summed E-state index contributed by atoms with van der Waals surface area (Å²) >= 11 is 0. The Hall–Kier alpha value is -1.23. The molecule has 1 aromatic rings. The first-order valence-corrected chi connectivity index (χ1v) is 2.74. The zero-order valence-electron chi connectivity index (χ0n) is 5.52. The first kappa shape index (κ1) is 5.90. The smallest absolute Gasteiger partial charge is 0.0750 e. The largest absolute Gasteiger partial charge is 0.281 e. The zero-order chi connectivity index (χ0) is 6.85. The first-order valence-electron chi connectivity index (χ1n) is 2.74. The van der Waals surface area contributed by atoms with E-state index in [0.29, 0.717) is 0 Å². The number of nitrogens with one attached hydrogen (secondary N) is 1. The molecular formula is C7H8N2. The van der Waals surface area contributed by atoms with Gasteiger partial charge in [-0.25, -0.2) is 0 Å². The van der Waals surface area contributed by atoms with Crippen molar-refractivity contribution in [3.8, 4) is 12.3 Å². The van der Waals surface area contributed by atoms with Crippen molar-refractivity contribution in [2.24, 2.45) is 0 Å². The number of terminal acetylenes is 1. The Balaban J connectivity index is 3.27. The average Bonchev–Trinajstić information content (AvgIpc) is 2.12. The molecule has 0 saturated carbocycles. The maximum Gasteiger partial charge on any atom is 0.0750 e. The lowest BCUT2D eigenvalue weighted by Crippen LogP contribution is -1.76. The van der Waals surface area contributed by atoms with Crippen LogP contribution in [0, 0.1) is 26.2 Å². The summed E-state index contributed by atoms with van der Waals surface area (Å²) in [6.45, 7) is 3.80. The predicted molar refractivity (Wildman–Crippen MR) is 36.0 cm³/mol. The fraction of sp³-hybridized carbons (Fsp3) is 0.286. The Morgan fingerprint density at radius 1 is 1.56 bits per heavy atom. The van der Waals surface area contributed by atoms with Crippen LogP contribution in [0.15, 0.2) is 0 Å². The molecular weight excluding hydrogens is 112 g/mol. The van der Waals surface area contributed by atoms with Crippen molar-refractivity contribution in [2.45, 2.75) is 13.8 Å². The molecule has 9 heavy (non-hydrogen) atoms. The lowest BCUT2D eigenvalue weighted by Gasteiger charge is -1.83. The van der Waals surface area contributed by atoms with Crippen molar-refractivity contribution < 1.29 is 0 Å². The van der Waals surface area contributed by atoms with Crippen molar-refractivity contribution in [1.82, 2.24) is 10.2 Å². The third-order valence-corrected chi connectivity index (χ3v) is 1.27. The summed E-state index contributed by atoms with van der Waals surface area (Å²) in [5.74, 6) is 2.55. The van der Waals surface area contributed by atoms with Gasteiger partial charge in [-0.3, -0.25) is 5.10 Å². The second-order valence-corrected chi connectivity index (χ2v) is 1.95. The molecule has 0 amide bonds. The molecule has 0 fully saturated rings. The molecule has 0 aromatic carbocycles. The van der Waals surface area contributed by atoms with E-state index in [1.54, 1.807) is 0 Å². The van der Waals surface area contributed by atoms with Crippen LogP contribution in [0.3, 0.4) is 0 Å². The fourth-order valence-corrected chi connectivity index (χ4v) is 0.764. The molecule has 0 bridgehead atoms. The second-order valence-electron chi connectivity index (χ2n) is 1.95. The molecule has 0 aliphatic heterocycles. The third-order valence-electron chi connectivity index (χ3n) is 1.27. The van der Waals surface area contributed by atoms with Crippen LogP contribution in [0.25, 0.3) is 0 Å². The van der Waals surface area contributed by atoms with E-state index in [1.807, 2.05) is 13.8 Å². The molecule has 0 atom stereocenters. The first-order chi connectivity index (χ1) is 4.25. The zero-order valence-corrected chi connectivity index (χ0v) is 5.52. The van der Waals surface area contributed by atoms with Crippen LogP contribution >= 0.6 is 0 Å². The number of nitrogens with zero attached hydrogens (tertiary/aromatic N) is 1. The molecule has 0 saturated heterocycles. The molecule has 1 aromatic heterocycles. The van der Waals surface area contributed by atoms with Gasteiger partial charge in [0, 0.05) is 5.69 Å². The van der Waals surface area contributed by atoms with Crippen LogP contribution in [0.4, 0.5) is 0 Å². The normalized spacial score (nSPS) is 9.00. The second kappa shape index (κ2) is 1.94. The number of aromatic nitrogens is 2. The minimum atomic E-state index is 0.884. The van der Waals surface area contributed by atoms with Crippen molar-refractivity contribution in [3.63, 3.8) is 0 Å². The van der Waals surface area contributed by atoms with Gasteiger partial charge in [0.05, 0.1) is 11.3 Å². The highest BCUT2D eigenvalue weighted by Crippen LogP contribution is 2.05. The van der Waals surface area contributed by atoms with Crippen molar-refractivity contribution in [2.75, 3.05) is 0 Å². The summed E-state index contributed by atoms with van der Waals surface area (Å²) in [6, 6.07) is 0. The Kier molecular flexibility index (Phi) is 1.27. The molecule has 2 nitrogen and oxygen atoms in total. The minimum absolute atomic E-state index is 0.884. The summed E-state index contributed by atoms with van der Waals surface area (Å²) in [6.07, 6.45) is 5.19. The summed E-state index contributed by atoms with van der Waals surface area (Å²) in [5.41, 5.74) is 2.75. The van der Waals surface area contributed by atoms with Crippen molar-refractivity contribution in [3.05, 3.63) is 17.0 Å². The van der Waals surface area contributed by atoms with Gasteiger partial charge in [-0.1, -0.05) is 5.92 Å². The predicted octanol–water partition coefficient (Wildman–Crippen LogP) is 1.01. The summed E-state index contributed by atoms with van der Waals surface area (Å²) < 4.78 is 0. The Morgan fingerprint density at radius 3 is 2.44 bits per heavy atom. The van der Waals surface area contributed by atoms with Crippen molar-refractivity contribution >= 4 is 0 Å². The van der Waals surface area contributed by atoms with E-state index in [0.717, 1.165) is 17.0 Å². The summed E-state index contributed by atoms with van der Waals surface area (Å²) in [5, 5.41) is 6.71. The lowest BCUT2D eigenvalue weighted by atomic mass is 10.2. The Morgan fingerprint density at radius 2 is 2.22 bits per heavy atom. The number of hydrogen-bond acceptors (Lipinski definition) is 1. The quantitative estimate of drug-likeness (QED) is 0.508. The molecule has 2 heteroatoms. The van der Waals surface area contributed by atoms with Crippen LogP contribution in [-0.4, -0.2) is 10.2 Å². The molecule has 0 radical (unpaired) electrons. The van der Waals surface area contributed by atoms with Crippen molar-refractivity contribution in [1.29, 1.82) is 0 Å². The van der Waals surface area contributed by atoms with Gasteiger partial charge in [-0.15, -0.1) is 6.42 Å². The number of aromatic amines is 1. The van der Waals surface area contributed by atoms with Gasteiger partial charge >= 0.3 is 0 Å². The minimum Gasteiger partial charge on any atom is -0.281 e. The highest BCUT2D eigenvalue weighted by Gasteiger charge is 1.99. The molecule has 0 aliphatic rings. The van der Waals surface area contributed by atoms with Gasteiger partial charge in [0.1, 0.15) is 0 Å². The van der Waals surface area contributed by atoms with Crippen LogP contribution in [0.1, 0.15) is 17.0 Å². The van der Waals surface area contributed by atoms with E-state index in [-0.39, 0.29) is 0 Å². The molecule has 1 rings (SSSR count).